The fraction of sp³-hybridized carbons (Fsp3) is 1.00. The SMILES string of the molecule is FC1CCC(C2CNC3CNCCN32)C(F)C1. The molecule has 3 nitrogen and oxygen atoms in total. The van der Waals surface area contributed by atoms with Gasteiger partial charge >= 0.3 is 0 Å². The Morgan fingerprint density at radius 2 is 2.00 bits per heavy atom. The van der Waals surface area contributed by atoms with Gasteiger partial charge in [-0.2, -0.15) is 0 Å². The second kappa shape index (κ2) is 4.78. The molecule has 1 aliphatic carbocycles. The molecule has 3 fully saturated rings. The molecule has 1 saturated carbocycles. The van der Waals surface area contributed by atoms with Crippen LogP contribution in [0, 0.1) is 5.92 Å². The van der Waals surface area contributed by atoms with Gasteiger partial charge in [-0.25, -0.2) is 8.78 Å². The molecule has 0 aromatic carbocycles. The predicted octanol–water partition coefficient (Wildman–Crippen LogP) is 0.666. The van der Waals surface area contributed by atoms with Crippen molar-refractivity contribution in [3.8, 4) is 0 Å². The number of nitrogens with one attached hydrogen (secondary N) is 2. The Labute approximate surface area is 101 Å². The smallest absolute Gasteiger partial charge is 0.107 e. The Kier molecular flexibility index (Phi) is 3.32. The summed E-state index contributed by atoms with van der Waals surface area (Å²) >= 11 is 0. The zero-order valence-corrected chi connectivity index (χ0v) is 10.0. The number of piperazine rings is 1. The standard InChI is InChI=1S/C12H21F2N3/c13-8-1-2-9(10(14)5-8)11-6-16-12-7-15-3-4-17(11)12/h8-12,15-16H,1-7H2. The first-order valence-electron chi connectivity index (χ1n) is 6.73. The monoisotopic (exact) mass is 245 g/mol. The lowest BCUT2D eigenvalue weighted by atomic mass is 9.81. The van der Waals surface area contributed by atoms with Crippen LogP contribution in [0.4, 0.5) is 8.78 Å². The molecule has 0 bridgehead atoms. The number of hydrogen-bond acceptors (Lipinski definition) is 3. The number of alkyl halides is 2. The van der Waals surface area contributed by atoms with Crippen molar-refractivity contribution >= 4 is 0 Å². The number of nitrogens with zero attached hydrogens (tertiary/aromatic N) is 1. The normalized spacial score (nSPS) is 48.0. The van der Waals surface area contributed by atoms with Crippen molar-refractivity contribution in [2.24, 2.45) is 5.92 Å². The van der Waals surface area contributed by atoms with Crippen LogP contribution in [-0.4, -0.2) is 55.6 Å². The highest BCUT2D eigenvalue weighted by Crippen LogP contribution is 2.35. The summed E-state index contributed by atoms with van der Waals surface area (Å²) in [5.41, 5.74) is 0. The first-order chi connectivity index (χ1) is 8.25. The summed E-state index contributed by atoms with van der Waals surface area (Å²) in [6, 6.07) is 0.268. The van der Waals surface area contributed by atoms with Crippen LogP contribution in [-0.2, 0) is 0 Å². The van der Waals surface area contributed by atoms with Crippen molar-refractivity contribution in [3.63, 3.8) is 0 Å². The minimum atomic E-state index is -0.959. The highest BCUT2D eigenvalue weighted by atomic mass is 19.1. The van der Waals surface area contributed by atoms with Gasteiger partial charge in [0.1, 0.15) is 12.3 Å². The molecule has 0 amide bonds. The maximum absolute atomic E-state index is 14.0. The fourth-order valence-corrected chi connectivity index (χ4v) is 3.60. The minimum Gasteiger partial charge on any atom is -0.313 e. The van der Waals surface area contributed by atoms with E-state index in [2.05, 4.69) is 15.5 Å². The molecule has 2 heterocycles. The lowest BCUT2D eigenvalue weighted by Gasteiger charge is -2.40. The maximum atomic E-state index is 14.0. The van der Waals surface area contributed by atoms with Gasteiger partial charge in [0, 0.05) is 44.6 Å². The van der Waals surface area contributed by atoms with Gasteiger partial charge in [-0.05, 0) is 12.8 Å². The van der Waals surface area contributed by atoms with Crippen LogP contribution in [0.2, 0.25) is 0 Å². The summed E-state index contributed by atoms with van der Waals surface area (Å²) in [5.74, 6) is 0.0256. The van der Waals surface area contributed by atoms with E-state index in [1.807, 2.05) is 0 Å². The van der Waals surface area contributed by atoms with E-state index in [0.717, 1.165) is 26.2 Å². The van der Waals surface area contributed by atoms with Crippen molar-refractivity contribution in [2.45, 2.75) is 43.8 Å². The summed E-state index contributed by atoms with van der Waals surface area (Å²) < 4.78 is 27.1. The van der Waals surface area contributed by atoms with Gasteiger partial charge < -0.3 is 5.32 Å². The van der Waals surface area contributed by atoms with Crippen LogP contribution in [0.3, 0.4) is 0 Å². The molecule has 0 aromatic rings. The number of halogens is 2. The van der Waals surface area contributed by atoms with E-state index in [1.165, 1.54) is 0 Å². The number of fused-ring (bicyclic) bond motifs is 1. The van der Waals surface area contributed by atoms with E-state index in [0.29, 0.717) is 19.0 Å². The van der Waals surface area contributed by atoms with E-state index in [4.69, 9.17) is 0 Å². The third kappa shape index (κ3) is 2.20. The molecule has 0 aromatic heterocycles. The molecule has 5 unspecified atom stereocenters. The molecule has 0 radical (unpaired) electrons. The van der Waals surface area contributed by atoms with Crippen molar-refractivity contribution < 1.29 is 8.78 Å². The van der Waals surface area contributed by atoms with Crippen LogP contribution in [0.5, 0.6) is 0 Å². The van der Waals surface area contributed by atoms with Crippen molar-refractivity contribution in [1.82, 2.24) is 15.5 Å². The highest BCUT2D eigenvalue weighted by Gasteiger charge is 2.43. The topological polar surface area (TPSA) is 27.3 Å². The van der Waals surface area contributed by atoms with E-state index in [9.17, 15) is 8.78 Å². The van der Waals surface area contributed by atoms with Gasteiger partial charge in [-0.15, -0.1) is 0 Å². The Morgan fingerprint density at radius 3 is 2.82 bits per heavy atom. The van der Waals surface area contributed by atoms with Crippen molar-refractivity contribution in [1.29, 1.82) is 0 Å². The van der Waals surface area contributed by atoms with Gasteiger partial charge in [-0.3, -0.25) is 10.2 Å². The Bertz CT molecular complexity index is 276. The quantitative estimate of drug-likeness (QED) is 0.711. The van der Waals surface area contributed by atoms with E-state index in [1.54, 1.807) is 0 Å². The van der Waals surface area contributed by atoms with Gasteiger partial charge in [0.05, 0.1) is 6.17 Å². The van der Waals surface area contributed by atoms with E-state index < -0.39 is 12.3 Å². The largest absolute Gasteiger partial charge is 0.313 e. The third-order valence-corrected chi connectivity index (χ3v) is 4.53. The van der Waals surface area contributed by atoms with Gasteiger partial charge in [0.2, 0.25) is 0 Å². The van der Waals surface area contributed by atoms with Crippen molar-refractivity contribution in [2.75, 3.05) is 26.2 Å². The van der Waals surface area contributed by atoms with E-state index >= 15 is 0 Å². The summed E-state index contributed by atoms with van der Waals surface area (Å²) in [7, 11) is 0. The third-order valence-electron chi connectivity index (χ3n) is 4.53. The zero-order valence-electron chi connectivity index (χ0n) is 10.0. The van der Waals surface area contributed by atoms with Gasteiger partial charge in [0.25, 0.3) is 0 Å². The maximum Gasteiger partial charge on any atom is 0.107 e. The molecule has 5 atom stereocenters. The zero-order chi connectivity index (χ0) is 11.8. The molecule has 2 saturated heterocycles. The molecule has 5 heteroatoms. The Morgan fingerprint density at radius 1 is 1.12 bits per heavy atom. The molecular formula is C12H21F2N3. The minimum absolute atomic E-state index is 0.0256. The highest BCUT2D eigenvalue weighted by molar-refractivity contribution is 4.98. The number of rotatable bonds is 1. The van der Waals surface area contributed by atoms with Crippen LogP contribution in [0.15, 0.2) is 0 Å². The van der Waals surface area contributed by atoms with Crippen LogP contribution >= 0.6 is 0 Å². The van der Waals surface area contributed by atoms with Crippen molar-refractivity contribution in [3.05, 3.63) is 0 Å². The first-order valence-corrected chi connectivity index (χ1v) is 6.73. The second-order valence-electron chi connectivity index (χ2n) is 5.52. The summed E-state index contributed by atoms with van der Waals surface area (Å²) in [6.45, 7) is 3.75. The average Bonchev–Trinajstić information content (AvgIpc) is 2.73. The molecule has 17 heavy (non-hydrogen) atoms. The second-order valence-corrected chi connectivity index (χ2v) is 5.52. The molecule has 2 N–H and O–H groups in total. The lowest BCUT2D eigenvalue weighted by Crippen LogP contribution is -2.55. The number of hydrogen-bond donors (Lipinski definition) is 2. The van der Waals surface area contributed by atoms with Crippen LogP contribution in [0.1, 0.15) is 19.3 Å². The van der Waals surface area contributed by atoms with Crippen LogP contribution in [0.25, 0.3) is 0 Å². The molecule has 0 spiro atoms. The van der Waals surface area contributed by atoms with Crippen LogP contribution < -0.4 is 10.6 Å². The molecule has 98 valence electrons. The lowest BCUT2D eigenvalue weighted by molar-refractivity contribution is 0.0346. The summed E-state index contributed by atoms with van der Waals surface area (Å²) in [5, 5.41) is 6.78. The summed E-state index contributed by atoms with van der Waals surface area (Å²) in [6.07, 6.45) is -0.181. The molecule has 3 rings (SSSR count). The fourth-order valence-electron chi connectivity index (χ4n) is 3.60. The Balaban J connectivity index is 1.67. The van der Waals surface area contributed by atoms with Gasteiger partial charge in [0.15, 0.2) is 0 Å². The average molecular weight is 245 g/mol. The van der Waals surface area contributed by atoms with E-state index in [-0.39, 0.29) is 18.4 Å². The predicted molar refractivity (Wildman–Crippen MR) is 62.3 cm³/mol. The molecule has 2 aliphatic heterocycles. The summed E-state index contributed by atoms with van der Waals surface area (Å²) in [4.78, 5) is 2.38. The Hall–Kier alpha value is -0.260. The molecule has 3 aliphatic rings. The first kappa shape index (κ1) is 11.8. The molecular weight excluding hydrogens is 224 g/mol. The van der Waals surface area contributed by atoms with Gasteiger partial charge in [-0.1, -0.05) is 0 Å².